The summed E-state index contributed by atoms with van der Waals surface area (Å²) in [4.78, 5) is 2.14. The molecular weight excluding hydrogens is 304 g/mol. The van der Waals surface area contributed by atoms with Crippen LogP contribution in [0.1, 0.15) is 26.3 Å². The van der Waals surface area contributed by atoms with Crippen molar-refractivity contribution in [2.75, 3.05) is 20.1 Å². The van der Waals surface area contributed by atoms with Crippen molar-refractivity contribution in [1.82, 2.24) is 10.2 Å². The van der Waals surface area contributed by atoms with Crippen LogP contribution >= 0.6 is 15.9 Å². The number of rotatable bonds is 6. The van der Waals surface area contributed by atoms with Gasteiger partial charge in [0.05, 0.1) is 6.10 Å². The highest BCUT2D eigenvalue weighted by atomic mass is 79.9. The van der Waals surface area contributed by atoms with E-state index in [1.54, 1.807) is 0 Å². The molecule has 1 aromatic rings. The van der Waals surface area contributed by atoms with Gasteiger partial charge in [-0.1, -0.05) is 28.1 Å². The summed E-state index contributed by atoms with van der Waals surface area (Å²) >= 11 is 3.47. The second kappa shape index (κ2) is 7.39. The normalized spacial score (nSPS) is 13.8. The van der Waals surface area contributed by atoms with E-state index in [1.807, 2.05) is 19.2 Å². The Morgan fingerprint density at radius 1 is 1.37 bits per heavy atom. The van der Waals surface area contributed by atoms with Crippen LogP contribution in [0.25, 0.3) is 0 Å². The highest BCUT2D eigenvalue weighted by Crippen LogP contribution is 2.13. The smallest absolute Gasteiger partial charge is 0.0791 e. The van der Waals surface area contributed by atoms with Crippen LogP contribution in [0.2, 0.25) is 0 Å². The van der Waals surface area contributed by atoms with Gasteiger partial charge in [-0.15, -0.1) is 0 Å². The topological polar surface area (TPSA) is 35.5 Å². The van der Waals surface area contributed by atoms with Gasteiger partial charge < -0.3 is 10.4 Å². The Hall–Kier alpha value is -0.420. The summed E-state index contributed by atoms with van der Waals surface area (Å²) in [6.07, 6.45) is -0.351. The number of aliphatic hydroxyl groups excluding tert-OH is 1. The highest BCUT2D eigenvalue weighted by molar-refractivity contribution is 9.10. The SMILES string of the molecule is CN(Cc1cccc(Br)c1)CC(O)CNC(C)(C)C. The minimum absolute atomic E-state index is 0.0455. The molecule has 2 N–H and O–H groups in total. The van der Waals surface area contributed by atoms with Crippen molar-refractivity contribution < 1.29 is 5.11 Å². The van der Waals surface area contributed by atoms with E-state index in [1.165, 1.54) is 5.56 Å². The molecule has 4 heteroatoms. The summed E-state index contributed by atoms with van der Waals surface area (Å²) in [5, 5.41) is 13.3. The van der Waals surface area contributed by atoms with Crippen molar-refractivity contribution in [2.24, 2.45) is 0 Å². The summed E-state index contributed by atoms with van der Waals surface area (Å²) in [7, 11) is 2.03. The number of likely N-dealkylation sites (N-methyl/N-ethyl adjacent to an activating group) is 1. The van der Waals surface area contributed by atoms with Gasteiger partial charge in [-0.25, -0.2) is 0 Å². The Morgan fingerprint density at radius 2 is 2.05 bits per heavy atom. The van der Waals surface area contributed by atoms with Crippen molar-refractivity contribution in [3.63, 3.8) is 0 Å². The molecule has 0 amide bonds. The average molecular weight is 329 g/mol. The molecule has 0 spiro atoms. The number of hydrogen-bond acceptors (Lipinski definition) is 3. The second-order valence-electron chi connectivity index (χ2n) is 6.11. The standard InChI is InChI=1S/C15H25BrN2O/c1-15(2,3)17-9-14(19)11-18(4)10-12-6-5-7-13(16)8-12/h5-8,14,17,19H,9-11H2,1-4H3. The fraction of sp³-hybridized carbons (Fsp3) is 0.600. The van der Waals surface area contributed by atoms with Gasteiger partial charge in [-0.3, -0.25) is 4.90 Å². The van der Waals surface area contributed by atoms with Crippen LogP contribution in [0.4, 0.5) is 0 Å². The fourth-order valence-corrected chi connectivity index (χ4v) is 2.31. The van der Waals surface area contributed by atoms with Gasteiger partial charge >= 0.3 is 0 Å². The maximum atomic E-state index is 10.0. The summed E-state index contributed by atoms with van der Waals surface area (Å²) in [5.74, 6) is 0. The summed E-state index contributed by atoms with van der Waals surface area (Å²) in [5.41, 5.74) is 1.29. The largest absolute Gasteiger partial charge is 0.390 e. The first-order chi connectivity index (χ1) is 8.76. The molecule has 1 unspecified atom stereocenters. The lowest BCUT2D eigenvalue weighted by molar-refractivity contribution is 0.114. The zero-order chi connectivity index (χ0) is 14.5. The molecule has 0 saturated heterocycles. The zero-order valence-corrected chi connectivity index (χ0v) is 13.9. The molecule has 0 heterocycles. The van der Waals surface area contributed by atoms with Crippen molar-refractivity contribution >= 4 is 15.9 Å². The predicted octanol–water partition coefficient (Wildman–Crippen LogP) is 2.63. The maximum absolute atomic E-state index is 10.0. The summed E-state index contributed by atoms with van der Waals surface area (Å²) in [6, 6.07) is 8.26. The Labute approximate surface area is 125 Å². The fourth-order valence-electron chi connectivity index (χ4n) is 1.86. The molecule has 0 radical (unpaired) electrons. The van der Waals surface area contributed by atoms with E-state index in [-0.39, 0.29) is 11.6 Å². The van der Waals surface area contributed by atoms with Gasteiger partial charge in [-0.05, 0) is 45.5 Å². The minimum atomic E-state index is -0.351. The van der Waals surface area contributed by atoms with Gasteiger partial charge in [0.25, 0.3) is 0 Å². The third kappa shape index (κ3) is 7.67. The van der Waals surface area contributed by atoms with Gasteiger partial charge in [0, 0.05) is 29.6 Å². The lowest BCUT2D eigenvalue weighted by Gasteiger charge is -2.25. The lowest BCUT2D eigenvalue weighted by atomic mass is 10.1. The van der Waals surface area contributed by atoms with Gasteiger partial charge in [0.15, 0.2) is 0 Å². The molecule has 0 aliphatic rings. The monoisotopic (exact) mass is 328 g/mol. The van der Waals surface area contributed by atoms with Crippen LogP contribution in [-0.4, -0.2) is 41.8 Å². The Kier molecular flexibility index (Phi) is 6.47. The van der Waals surface area contributed by atoms with E-state index in [2.05, 4.69) is 59.1 Å². The average Bonchev–Trinajstić information content (AvgIpc) is 2.25. The number of β-amino-alcohol motifs (C(OH)–C–C–N with tert-alkyl or cyclic N) is 1. The van der Waals surface area contributed by atoms with Crippen molar-refractivity contribution in [3.05, 3.63) is 34.3 Å². The molecule has 0 aromatic heterocycles. The summed E-state index contributed by atoms with van der Waals surface area (Å²) < 4.78 is 1.09. The quantitative estimate of drug-likeness (QED) is 0.842. The zero-order valence-electron chi connectivity index (χ0n) is 12.3. The van der Waals surface area contributed by atoms with E-state index in [0.29, 0.717) is 13.1 Å². The van der Waals surface area contributed by atoms with Crippen LogP contribution in [0.5, 0.6) is 0 Å². The molecule has 3 nitrogen and oxygen atoms in total. The molecule has 1 atom stereocenters. The second-order valence-corrected chi connectivity index (χ2v) is 7.03. The van der Waals surface area contributed by atoms with Crippen LogP contribution in [-0.2, 0) is 6.54 Å². The van der Waals surface area contributed by atoms with Crippen molar-refractivity contribution in [1.29, 1.82) is 0 Å². The van der Waals surface area contributed by atoms with Gasteiger partial charge in [0.1, 0.15) is 0 Å². The number of nitrogens with one attached hydrogen (secondary N) is 1. The minimum Gasteiger partial charge on any atom is -0.390 e. The predicted molar refractivity (Wildman–Crippen MR) is 84.2 cm³/mol. The first-order valence-electron chi connectivity index (χ1n) is 6.62. The number of halogens is 1. The van der Waals surface area contributed by atoms with E-state index in [0.717, 1.165) is 11.0 Å². The molecule has 0 fully saturated rings. The lowest BCUT2D eigenvalue weighted by Crippen LogP contribution is -2.44. The molecule has 0 aliphatic carbocycles. The number of nitrogens with zero attached hydrogens (tertiary/aromatic N) is 1. The first-order valence-corrected chi connectivity index (χ1v) is 7.41. The third-order valence-electron chi connectivity index (χ3n) is 2.73. The number of hydrogen-bond donors (Lipinski definition) is 2. The Morgan fingerprint density at radius 3 is 2.63 bits per heavy atom. The number of aliphatic hydroxyl groups is 1. The highest BCUT2D eigenvalue weighted by Gasteiger charge is 2.13. The van der Waals surface area contributed by atoms with E-state index in [4.69, 9.17) is 0 Å². The molecule has 0 bridgehead atoms. The van der Waals surface area contributed by atoms with Crippen LogP contribution in [0.15, 0.2) is 28.7 Å². The third-order valence-corrected chi connectivity index (χ3v) is 3.23. The van der Waals surface area contributed by atoms with E-state index >= 15 is 0 Å². The molecule has 0 saturated carbocycles. The Bertz CT molecular complexity index is 390. The van der Waals surface area contributed by atoms with Gasteiger partial charge in [0.2, 0.25) is 0 Å². The molecule has 0 aliphatic heterocycles. The van der Waals surface area contributed by atoms with Crippen molar-refractivity contribution in [2.45, 2.75) is 39.0 Å². The van der Waals surface area contributed by atoms with Crippen LogP contribution in [0.3, 0.4) is 0 Å². The molecular formula is C15H25BrN2O. The number of benzene rings is 1. The molecule has 19 heavy (non-hydrogen) atoms. The van der Waals surface area contributed by atoms with E-state index in [9.17, 15) is 5.11 Å². The maximum Gasteiger partial charge on any atom is 0.0791 e. The Balaban J connectivity index is 2.36. The van der Waals surface area contributed by atoms with Gasteiger partial charge in [-0.2, -0.15) is 0 Å². The first kappa shape index (κ1) is 16.6. The molecule has 108 valence electrons. The van der Waals surface area contributed by atoms with Crippen molar-refractivity contribution in [3.8, 4) is 0 Å². The van der Waals surface area contributed by atoms with Crippen LogP contribution in [0, 0.1) is 0 Å². The van der Waals surface area contributed by atoms with E-state index < -0.39 is 0 Å². The molecule has 1 rings (SSSR count). The summed E-state index contributed by atoms with van der Waals surface area (Å²) in [6.45, 7) is 8.43. The molecule has 1 aromatic carbocycles. The van der Waals surface area contributed by atoms with Crippen LogP contribution < -0.4 is 5.32 Å².